The monoisotopic (exact) mass is 877 g/mol. The fourth-order valence-corrected chi connectivity index (χ4v) is 8.43. The number of hydrogen-bond acceptors (Lipinski definition) is 11. The van der Waals surface area contributed by atoms with Crippen molar-refractivity contribution < 1.29 is 58.3 Å². The molecule has 0 aliphatic heterocycles. The molecule has 6 N–H and O–H groups in total. The molecule has 1 rings (SSSR count). The van der Waals surface area contributed by atoms with Crippen molar-refractivity contribution in [3.05, 3.63) is 24.3 Å². The van der Waals surface area contributed by atoms with Crippen LogP contribution in [-0.2, 0) is 27.9 Å². The van der Waals surface area contributed by atoms with Gasteiger partial charge in [-0.3, -0.25) is 13.8 Å². The highest BCUT2D eigenvalue weighted by Gasteiger charge is 2.51. The Hall–Kier alpha value is -1.18. The minimum Gasteiger partial charge on any atom is -0.457 e. The zero-order valence-electron chi connectivity index (χ0n) is 37.8. The van der Waals surface area contributed by atoms with Gasteiger partial charge in [-0.15, -0.1) is 0 Å². The summed E-state index contributed by atoms with van der Waals surface area (Å²) in [4.78, 5) is 23.2. The van der Waals surface area contributed by atoms with Crippen molar-refractivity contribution in [3.8, 4) is 0 Å². The number of aliphatic hydroxyl groups is 5. The summed E-state index contributed by atoms with van der Waals surface area (Å²) in [6, 6.07) is 0. The van der Waals surface area contributed by atoms with Crippen LogP contribution in [0, 0.1) is 0 Å². The lowest BCUT2D eigenvalue weighted by Crippen LogP contribution is -2.64. The molecule has 0 heterocycles. The SMILES string of the molecule is CCC/C=C\C/C=C\CCCCCCCCOCC(COP(=O)(O)OC1C(O)C(O)C(O)C(O)C1O)OC(=O)CCCCCCCCCCCCCCCCCCCCC. The van der Waals surface area contributed by atoms with Crippen molar-refractivity contribution in [3.63, 3.8) is 0 Å². The molecule has 6 unspecified atom stereocenters. The smallest absolute Gasteiger partial charge is 0.457 e. The molecular weight excluding hydrogens is 787 g/mol. The second-order valence-electron chi connectivity index (χ2n) is 17.0. The van der Waals surface area contributed by atoms with E-state index in [1.165, 1.54) is 116 Å². The molecule has 13 heteroatoms. The largest absolute Gasteiger partial charge is 0.472 e. The lowest BCUT2D eigenvalue weighted by molar-refractivity contribution is -0.220. The van der Waals surface area contributed by atoms with Gasteiger partial charge in [0.1, 0.15) is 42.7 Å². The van der Waals surface area contributed by atoms with Crippen LogP contribution in [0.4, 0.5) is 0 Å². The number of carbonyl (C=O) groups excluding carboxylic acids is 1. The van der Waals surface area contributed by atoms with Gasteiger partial charge in [0.15, 0.2) is 0 Å². The molecule has 0 radical (unpaired) electrons. The van der Waals surface area contributed by atoms with Gasteiger partial charge in [-0.1, -0.05) is 186 Å². The predicted octanol–water partition coefficient (Wildman–Crippen LogP) is 10.1. The highest BCUT2D eigenvalue weighted by atomic mass is 31.2. The van der Waals surface area contributed by atoms with Gasteiger partial charge >= 0.3 is 13.8 Å². The molecule has 1 saturated carbocycles. The standard InChI is InChI=1S/C47H89O12P/c1-3-5-7-9-11-13-15-17-19-20-21-22-23-24-26-28-30-32-34-36-41(48)58-40(38-56-37-35-33-31-29-27-25-18-16-14-12-10-8-6-4-2)39-57-60(54,55)59-47-45(52)43(50)42(49)44(51)46(47)53/h8,10,14,16,40,42-47,49-53H,3-7,9,11-13,15,17-39H2,1-2H3,(H,54,55)/b10-8-,16-14-. The first-order chi connectivity index (χ1) is 29.0. The van der Waals surface area contributed by atoms with E-state index in [1.54, 1.807) is 0 Å². The van der Waals surface area contributed by atoms with Gasteiger partial charge in [-0.2, -0.15) is 0 Å². The number of allylic oxidation sites excluding steroid dienone is 4. The van der Waals surface area contributed by atoms with Gasteiger partial charge in [0, 0.05) is 13.0 Å². The molecule has 6 atom stereocenters. The number of hydrogen-bond donors (Lipinski definition) is 6. The minimum atomic E-state index is -5.02. The van der Waals surface area contributed by atoms with Crippen molar-refractivity contribution in [2.75, 3.05) is 19.8 Å². The molecule has 0 amide bonds. The predicted molar refractivity (Wildman–Crippen MR) is 240 cm³/mol. The highest BCUT2D eigenvalue weighted by Crippen LogP contribution is 2.47. The normalized spacial score (nSPS) is 22.5. The van der Waals surface area contributed by atoms with Crippen LogP contribution in [0.15, 0.2) is 24.3 Å². The van der Waals surface area contributed by atoms with E-state index in [0.29, 0.717) is 13.0 Å². The van der Waals surface area contributed by atoms with Crippen LogP contribution < -0.4 is 0 Å². The first-order valence-electron chi connectivity index (χ1n) is 24.2. The fourth-order valence-electron chi connectivity index (χ4n) is 7.45. The Balaban J connectivity index is 2.35. The van der Waals surface area contributed by atoms with E-state index in [0.717, 1.165) is 64.2 Å². The molecule has 1 aliphatic carbocycles. The van der Waals surface area contributed by atoms with Crippen LogP contribution in [0.25, 0.3) is 0 Å². The first kappa shape index (κ1) is 56.8. The molecule has 0 spiro atoms. The third kappa shape index (κ3) is 30.0. The number of carbonyl (C=O) groups is 1. The summed E-state index contributed by atoms with van der Waals surface area (Å²) in [5.41, 5.74) is 0. The second-order valence-corrected chi connectivity index (χ2v) is 18.4. The molecule has 0 aromatic rings. The minimum absolute atomic E-state index is 0.0802. The number of aliphatic hydroxyl groups excluding tert-OH is 5. The molecule has 1 aliphatic rings. The first-order valence-corrected chi connectivity index (χ1v) is 25.7. The van der Waals surface area contributed by atoms with Crippen LogP contribution in [0.2, 0.25) is 0 Å². The van der Waals surface area contributed by atoms with Crippen molar-refractivity contribution >= 4 is 13.8 Å². The maximum Gasteiger partial charge on any atom is 0.472 e. The molecular formula is C47H89O12P. The van der Waals surface area contributed by atoms with Crippen molar-refractivity contribution in [1.82, 2.24) is 0 Å². The van der Waals surface area contributed by atoms with Crippen LogP contribution >= 0.6 is 7.82 Å². The number of phosphoric acid groups is 1. The summed E-state index contributed by atoms with van der Waals surface area (Å²) in [5.74, 6) is -0.478. The molecule has 0 aromatic carbocycles. The topological polar surface area (TPSA) is 192 Å². The number of ether oxygens (including phenoxy) is 2. The van der Waals surface area contributed by atoms with Crippen LogP contribution in [0.3, 0.4) is 0 Å². The summed E-state index contributed by atoms with van der Waals surface area (Å²) in [7, 11) is -5.02. The van der Waals surface area contributed by atoms with Gasteiger partial charge in [0.2, 0.25) is 0 Å². The maximum atomic E-state index is 12.8. The average molecular weight is 877 g/mol. The van der Waals surface area contributed by atoms with E-state index < -0.39 is 63.1 Å². The zero-order valence-corrected chi connectivity index (χ0v) is 38.7. The molecule has 0 aromatic heterocycles. The van der Waals surface area contributed by atoms with Gasteiger partial charge < -0.3 is 39.9 Å². The zero-order chi connectivity index (χ0) is 44.1. The molecule has 60 heavy (non-hydrogen) atoms. The quantitative estimate of drug-likeness (QED) is 0.0148. The Morgan fingerprint density at radius 3 is 1.47 bits per heavy atom. The summed E-state index contributed by atoms with van der Waals surface area (Å²) in [6.45, 7) is 4.20. The summed E-state index contributed by atoms with van der Waals surface area (Å²) in [5, 5.41) is 50.2. The Morgan fingerprint density at radius 2 is 0.967 bits per heavy atom. The average Bonchev–Trinajstić information content (AvgIpc) is 3.23. The van der Waals surface area contributed by atoms with E-state index in [9.17, 15) is 39.8 Å². The van der Waals surface area contributed by atoms with Crippen LogP contribution in [-0.4, -0.2) is 98.9 Å². The van der Waals surface area contributed by atoms with Gasteiger partial charge in [-0.25, -0.2) is 4.57 Å². The van der Waals surface area contributed by atoms with E-state index >= 15 is 0 Å². The van der Waals surface area contributed by atoms with Crippen LogP contribution in [0.1, 0.15) is 206 Å². The van der Waals surface area contributed by atoms with E-state index in [4.69, 9.17) is 18.5 Å². The third-order valence-electron chi connectivity index (χ3n) is 11.3. The second kappa shape index (κ2) is 38.3. The Kier molecular flexibility index (Phi) is 36.3. The fraction of sp³-hybridized carbons (Fsp3) is 0.894. The van der Waals surface area contributed by atoms with Crippen molar-refractivity contribution in [1.29, 1.82) is 0 Å². The van der Waals surface area contributed by atoms with E-state index in [2.05, 4.69) is 38.2 Å². The molecule has 0 bridgehead atoms. The van der Waals surface area contributed by atoms with E-state index in [-0.39, 0.29) is 13.0 Å². The Bertz CT molecular complexity index is 1090. The summed E-state index contributed by atoms with van der Waals surface area (Å²) >= 11 is 0. The summed E-state index contributed by atoms with van der Waals surface area (Å²) in [6.07, 6.45) is 31.0. The lowest BCUT2D eigenvalue weighted by atomic mass is 9.85. The van der Waals surface area contributed by atoms with Crippen molar-refractivity contribution in [2.24, 2.45) is 0 Å². The maximum absolute atomic E-state index is 12.8. The van der Waals surface area contributed by atoms with Crippen LogP contribution in [0.5, 0.6) is 0 Å². The number of phosphoric ester groups is 1. The lowest BCUT2D eigenvalue weighted by Gasteiger charge is -2.41. The van der Waals surface area contributed by atoms with Crippen molar-refractivity contribution in [2.45, 2.75) is 249 Å². The van der Waals surface area contributed by atoms with Gasteiger partial charge in [-0.05, 0) is 38.5 Å². The summed E-state index contributed by atoms with van der Waals surface area (Å²) < 4.78 is 34.2. The molecule has 1 fully saturated rings. The van der Waals surface area contributed by atoms with E-state index in [1.807, 2.05) is 0 Å². The molecule has 354 valence electrons. The molecule has 0 saturated heterocycles. The van der Waals surface area contributed by atoms with Gasteiger partial charge in [0.05, 0.1) is 13.2 Å². The number of rotatable bonds is 41. The Labute approximate surface area is 364 Å². The highest BCUT2D eigenvalue weighted by molar-refractivity contribution is 7.47. The molecule has 12 nitrogen and oxygen atoms in total. The third-order valence-corrected chi connectivity index (χ3v) is 12.3. The number of unbranched alkanes of at least 4 members (excludes halogenated alkanes) is 25. The van der Waals surface area contributed by atoms with Gasteiger partial charge in [0.25, 0.3) is 0 Å². The number of esters is 1. The Morgan fingerprint density at radius 1 is 0.533 bits per heavy atom.